The van der Waals surface area contributed by atoms with E-state index in [-0.39, 0.29) is 6.04 Å². The molecule has 0 aliphatic rings. The fourth-order valence-corrected chi connectivity index (χ4v) is 1.93. The van der Waals surface area contributed by atoms with Crippen molar-refractivity contribution < 1.29 is 0 Å². The lowest BCUT2D eigenvalue weighted by atomic mass is 10.2. The Morgan fingerprint density at radius 1 is 1.41 bits per heavy atom. The molecule has 0 aliphatic heterocycles. The molecule has 90 valence electrons. The third-order valence-electron chi connectivity index (χ3n) is 2.54. The van der Waals surface area contributed by atoms with Gasteiger partial charge in [0.15, 0.2) is 0 Å². The molecule has 0 radical (unpaired) electrons. The molecule has 0 amide bonds. The van der Waals surface area contributed by atoms with E-state index in [4.69, 9.17) is 28.9 Å². The number of rotatable bonds is 3. The first kappa shape index (κ1) is 12.4. The average Bonchev–Trinajstić information content (AvgIpc) is 2.73. The van der Waals surface area contributed by atoms with Crippen molar-refractivity contribution in [3.63, 3.8) is 0 Å². The van der Waals surface area contributed by atoms with Crippen molar-refractivity contribution in [2.24, 2.45) is 5.73 Å². The van der Waals surface area contributed by atoms with Crippen LogP contribution in [0.25, 0.3) is 0 Å². The summed E-state index contributed by atoms with van der Waals surface area (Å²) in [6.45, 7) is 2.51. The first-order valence-electron chi connectivity index (χ1n) is 5.28. The lowest BCUT2D eigenvalue weighted by Gasteiger charge is -2.06. The van der Waals surface area contributed by atoms with Crippen molar-refractivity contribution in [2.75, 3.05) is 0 Å². The maximum Gasteiger partial charge on any atom is 0.0674 e. The van der Waals surface area contributed by atoms with Crippen LogP contribution >= 0.6 is 23.2 Å². The zero-order valence-corrected chi connectivity index (χ0v) is 10.9. The minimum atomic E-state index is -0.0152. The zero-order chi connectivity index (χ0) is 12.4. The molecule has 17 heavy (non-hydrogen) atoms. The molecule has 1 heterocycles. The lowest BCUT2D eigenvalue weighted by molar-refractivity contribution is 0.684. The highest BCUT2D eigenvalue weighted by atomic mass is 35.5. The van der Waals surface area contributed by atoms with Gasteiger partial charge in [-0.1, -0.05) is 35.3 Å². The summed E-state index contributed by atoms with van der Waals surface area (Å²) in [5, 5.41) is 5.37. The number of nitrogens with zero attached hydrogens (tertiary/aromatic N) is 2. The van der Waals surface area contributed by atoms with E-state index in [1.807, 2.05) is 25.3 Å². The van der Waals surface area contributed by atoms with E-state index in [2.05, 4.69) is 5.10 Å². The van der Waals surface area contributed by atoms with Crippen LogP contribution in [-0.4, -0.2) is 9.78 Å². The summed E-state index contributed by atoms with van der Waals surface area (Å²) < 4.78 is 1.80. The van der Waals surface area contributed by atoms with Crippen LogP contribution in [0.4, 0.5) is 0 Å². The number of hydrogen-bond donors (Lipinski definition) is 1. The summed E-state index contributed by atoms with van der Waals surface area (Å²) in [5.74, 6) is 0. The van der Waals surface area contributed by atoms with Crippen LogP contribution in [-0.2, 0) is 6.54 Å². The third kappa shape index (κ3) is 2.80. The van der Waals surface area contributed by atoms with Crippen LogP contribution in [0, 0.1) is 0 Å². The molecule has 1 aromatic carbocycles. The summed E-state index contributed by atoms with van der Waals surface area (Å²) in [4.78, 5) is 0. The fraction of sp³-hybridized carbons (Fsp3) is 0.250. The molecule has 0 spiro atoms. The Bertz CT molecular complexity index is 520. The van der Waals surface area contributed by atoms with Gasteiger partial charge in [0.25, 0.3) is 0 Å². The van der Waals surface area contributed by atoms with Crippen LogP contribution in [0.2, 0.25) is 10.0 Å². The fourth-order valence-electron chi connectivity index (χ4n) is 1.55. The SMILES string of the molecule is CC(N)c1cnn(Cc2cccc(Cl)c2Cl)c1. The highest BCUT2D eigenvalue weighted by Crippen LogP contribution is 2.26. The van der Waals surface area contributed by atoms with Crippen molar-refractivity contribution in [1.29, 1.82) is 0 Å². The minimum Gasteiger partial charge on any atom is -0.324 e. The molecule has 0 fully saturated rings. The molecule has 2 N–H and O–H groups in total. The second kappa shape index (κ2) is 5.08. The predicted octanol–water partition coefficient (Wildman–Crippen LogP) is 3.26. The highest BCUT2D eigenvalue weighted by molar-refractivity contribution is 6.42. The lowest BCUT2D eigenvalue weighted by Crippen LogP contribution is -2.04. The highest BCUT2D eigenvalue weighted by Gasteiger charge is 2.07. The normalized spacial score (nSPS) is 12.7. The van der Waals surface area contributed by atoms with E-state index in [1.54, 1.807) is 16.9 Å². The molecule has 1 unspecified atom stereocenters. The molecule has 2 aromatic rings. The van der Waals surface area contributed by atoms with Crippen molar-refractivity contribution >= 4 is 23.2 Å². The molecule has 1 atom stereocenters. The molecular formula is C12H13Cl2N3. The number of nitrogens with two attached hydrogens (primary N) is 1. The van der Waals surface area contributed by atoms with Crippen LogP contribution in [0.3, 0.4) is 0 Å². The second-order valence-electron chi connectivity index (χ2n) is 3.97. The number of benzene rings is 1. The molecule has 0 saturated heterocycles. The van der Waals surface area contributed by atoms with E-state index in [1.165, 1.54) is 0 Å². The largest absolute Gasteiger partial charge is 0.324 e. The maximum atomic E-state index is 6.11. The molecule has 0 aliphatic carbocycles. The molecular weight excluding hydrogens is 257 g/mol. The monoisotopic (exact) mass is 269 g/mol. The Labute approximate surface area is 110 Å². The summed E-state index contributed by atoms with van der Waals surface area (Å²) in [6.07, 6.45) is 3.69. The van der Waals surface area contributed by atoms with Gasteiger partial charge in [-0.05, 0) is 18.6 Å². The Morgan fingerprint density at radius 3 is 2.82 bits per heavy atom. The molecule has 3 nitrogen and oxygen atoms in total. The van der Waals surface area contributed by atoms with Crippen molar-refractivity contribution in [2.45, 2.75) is 19.5 Å². The topological polar surface area (TPSA) is 43.8 Å². The van der Waals surface area contributed by atoms with Gasteiger partial charge in [-0.3, -0.25) is 4.68 Å². The number of aromatic nitrogens is 2. The van der Waals surface area contributed by atoms with E-state index < -0.39 is 0 Å². The second-order valence-corrected chi connectivity index (χ2v) is 4.76. The quantitative estimate of drug-likeness (QED) is 0.930. The van der Waals surface area contributed by atoms with Crippen LogP contribution in [0.15, 0.2) is 30.6 Å². The van der Waals surface area contributed by atoms with Gasteiger partial charge in [-0.2, -0.15) is 5.10 Å². The van der Waals surface area contributed by atoms with Crippen LogP contribution in [0.5, 0.6) is 0 Å². The van der Waals surface area contributed by atoms with E-state index in [0.717, 1.165) is 11.1 Å². The van der Waals surface area contributed by atoms with Gasteiger partial charge in [0.2, 0.25) is 0 Å². The van der Waals surface area contributed by atoms with Crippen molar-refractivity contribution in [1.82, 2.24) is 9.78 Å². The maximum absolute atomic E-state index is 6.11. The Hall–Kier alpha value is -1.03. The molecule has 0 bridgehead atoms. The van der Waals surface area contributed by atoms with Gasteiger partial charge >= 0.3 is 0 Å². The molecule has 0 saturated carbocycles. The first-order valence-corrected chi connectivity index (χ1v) is 6.04. The van der Waals surface area contributed by atoms with E-state index in [0.29, 0.717) is 16.6 Å². The van der Waals surface area contributed by atoms with Gasteiger partial charge in [0, 0.05) is 17.8 Å². The van der Waals surface area contributed by atoms with Crippen molar-refractivity contribution in [3.8, 4) is 0 Å². The number of halogens is 2. The Kier molecular flexibility index (Phi) is 3.72. The van der Waals surface area contributed by atoms with Gasteiger partial charge < -0.3 is 5.73 Å². The van der Waals surface area contributed by atoms with Crippen LogP contribution < -0.4 is 5.73 Å². The zero-order valence-electron chi connectivity index (χ0n) is 9.40. The number of hydrogen-bond acceptors (Lipinski definition) is 2. The van der Waals surface area contributed by atoms with Gasteiger partial charge in [-0.25, -0.2) is 0 Å². The van der Waals surface area contributed by atoms with Crippen LogP contribution in [0.1, 0.15) is 24.1 Å². The first-order chi connectivity index (χ1) is 8.08. The van der Waals surface area contributed by atoms with Gasteiger partial charge in [0.05, 0.1) is 22.8 Å². The Morgan fingerprint density at radius 2 is 2.18 bits per heavy atom. The van der Waals surface area contributed by atoms with Crippen molar-refractivity contribution in [3.05, 3.63) is 51.8 Å². The smallest absolute Gasteiger partial charge is 0.0674 e. The molecule has 5 heteroatoms. The summed E-state index contributed by atoms with van der Waals surface area (Å²) in [6, 6.07) is 5.56. The summed E-state index contributed by atoms with van der Waals surface area (Å²) in [7, 11) is 0. The molecule has 2 rings (SSSR count). The molecule has 1 aromatic heterocycles. The average molecular weight is 270 g/mol. The summed E-state index contributed by atoms with van der Waals surface area (Å²) in [5.41, 5.74) is 7.72. The van der Waals surface area contributed by atoms with E-state index >= 15 is 0 Å². The predicted molar refractivity (Wildman–Crippen MR) is 70.4 cm³/mol. The Balaban J connectivity index is 2.22. The third-order valence-corrected chi connectivity index (χ3v) is 3.40. The standard InChI is InChI=1S/C12H13Cl2N3/c1-8(15)10-5-16-17(7-10)6-9-3-2-4-11(13)12(9)14/h2-5,7-8H,6,15H2,1H3. The van der Waals surface area contributed by atoms with Gasteiger partial charge in [0.1, 0.15) is 0 Å². The van der Waals surface area contributed by atoms with Gasteiger partial charge in [-0.15, -0.1) is 0 Å². The summed E-state index contributed by atoms with van der Waals surface area (Å²) >= 11 is 12.1. The minimum absolute atomic E-state index is 0.0152. The van der Waals surface area contributed by atoms with E-state index in [9.17, 15) is 0 Å².